The molecule has 0 radical (unpaired) electrons. The molecule has 0 spiro atoms. The van der Waals surface area contributed by atoms with Gasteiger partial charge in [-0.3, -0.25) is 9.59 Å². The summed E-state index contributed by atoms with van der Waals surface area (Å²) in [6.45, 7) is 1.44. The fourth-order valence-electron chi connectivity index (χ4n) is 1.02. The molecule has 0 aromatic rings. The van der Waals surface area contributed by atoms with E-state index in [1.807, 2.05) is 6.92 Å². The molecule has 0 atom stereocenters. The van der Waals surface area contributed by atoms with Gasteiger partial charge in [-0.1, -0.05) is 26.2 Å². The third kappa shape index (κ3) is 8.53. The van der Waals surface area contributed by atoms with E-state index < -0.39 is 24.6 Å². The third-order valence-electron chi connectivity index (χ3n) is 1.91. The number of amides is 1. The monoisotopic (exact) mass is 255 g/mol. The van der Waals surface area contributed by atoms with Gasteiger partial charge in [-0.2, -0.15) is 13.2 Å². The maximum atomic E-state index is 11.7. The summed E-state index contributed by atoms with van der Waals surface area (Å²) in [6.07, 6.45) is -1.34. The van der Waals surface area contributed by atoms with Gasteiger partial charge in [-0.05, 0) is 6.42 Å². The van der Waals surface area contributed by atoms with Gasteiger partial charge < -0.3 is 10.1 Å². The second kappa shape index (κ2) is 7.92. The van der Waals surface area contributed by atoms with Crippen LogP contribution in [0.3, 0.4) is 0 Å². The van der Waals surface area contributed by atoms with Crippen molar-refractivity contribution in [1.29, 1.82) is 0 Å². The predicted octanol–water partition coefficient (Wildman–Crippen LogP) is 1.79. The minimum Gasteiger partial charge on any atom is -0.464 e. The number of halogens is 3. The summed E-state index contributed by atoms with van der Waals surface area (Å²) < 4.78 is 39.8. The van der Waals surface area contributed by atoms with Crippen LogP contribution >= 0.6 is 0 Å². The molecule has 1 amide bonds. The normalized spacial score (nSPS) is 11.1. The van der Waals surface area contributed by atoms with Crippen molar-refractivity contribution in [3.8, 4) is 0 Å². The Labute approximate surface area is 97.5 Å². The van der Waals surface area contributed by atoms with Crippen LogP contribution in [0.15, 0.2) is 0 Å². The Bertz CT molecular complexity index is 254. The average molecular weight is 255 g/mol. The molecular formula is C10H16F3NO3. The number of alkyl halides is 3. The fraction of sp³-hybridized carbons (Fsp3) is 0.800. The van der Waals surface area contributed by atoms with Crippen molar-refractivity contribution >= 4 is 11.9 Å². The summed E-state index contributed by atoms with van der Waals surface area (Å²) in [5.74, 6) is -3.00. The van der Waals surface area contributed by atoms with Crippen LogP contribution in [0.25, 0.3) is 0 Å². The first-order valence-corrected chi connectivity index (χ1v) is 5.38. The molecule has 1 N–H and O–H groups in total. The summed E-state index contributed by atoms with van der Waals surface area (Å²) in [6, 6.07) is 0. The van der Waals surface area contributed by atoms with E-state index >= 15 is 0 Å². The number of unbranched alkanes of at least 4 members (excludes halogenated alkanes) is 3. The van der Waals surface area contributed by atoms with Crippen LogP contribution in [0, 0.1) is 0 Å². The van der Waals surface area contributed by atoms with Crippen LogP contribution < -0.4 is 5.32 Å². The molecule has 0 unspecified atom stereocenters. The number of ether oxygens (including phenoxy) is 1. The van der Waals surface area contributed by atoms with E-state index in [0.717, 1.165) is 19.3 Å². The smallest absolute Gasteiger partial charge is 0.464 e. The van der Waals surface area contributed by atoms with Crippen LogP contribution in [-0.4, -0.2) is 31.2 Å². The average Bonchev–Trinajstić information content (AvgIpc) is 2.24. The van der Waals surface area contributed by atoms with Gasteiger partial charge in [0, 0.05) is 0 Å². The van der Waals surface area contributed by atoms with E-state index in [9.17, 15) is 22.8 Å². The van der Waals surface area contributed by atoms with Crippen LogP contribution in [0.4, 0.5) is 13.2 Å². The number of hydrogen-bond acceptors (Lipinski definition) is 3. The lowest BCUT2D eigenvalue weighted by Gasteiger charge is -2.07. The zero-order chi connectivity index (χ0) is 13.3. The highest BCUT2D eigenvalue weighted by molar-refractivity contribution is 5.85. The van der Waals surface area contributed by atoms with Crippen molar-refractivity contribution in [2.45, 2.75) is 38.8 Å². The maximum absolute atomic E-state index is 11.7. The Morgan fingerprint density at radius 1 is 1.18 bits per heavy atom. The van der Waals surface area contributed by atoms with E-state index in [-0.39, 0.29) is 6.61 Å². The van der Waals surface area contributed by atoms with Crippen molar-refractivity contribution in [3.63, 3.8) is 0 Å². The topological polar surface area (TPSA) is 55.4 Å². The molecule has 0 aromatic carbocycles. The Kier molecular flexibility index (Phi) is 7.32. The highest BCUT2D eigenvalue weighted by atomic mass is 19.4. The van der Waals surface area contributed by atoms with Gasteiger partial charge >= 0.3 is 18.1 Å². The standard InChI is InChI=1S/C10H16F3NO3/c1-2-3-4-5-6-17-8(15)7-14-9(16)10(11,12)13/h2-7H2,1H3,(H,14,16). The highest BCUT2D eigenvalue weighted by Gasteiger charge is 2.38. The Balaban J connectivity index is 3.57. The summed E-state index contributed by atoms with van der Waals surface area (Å²) in [5.41, 5.74) is 0. The van der Waals surface area contributed by atoms with E-state index in [1.54, 1.807) is 0 Å². The SMILES string of the molecule is CCCCCCOC(=O)CNC(=O)C(F)(F)F. The lowest BCUT2D eigenvalue weighted by molar-refractivity contribution is -0.174. The molecule has 0 aliphatic carbocycles. The van der Waals surface area contributed by atoms with Gasteiger partial charge in [-0.25, -0.2) is 0 Å². The molecule has 0 heterocycles. The molecule has 0 aliphatic heterocycles. The van der Waals surface area contributed by atoms with Gasteiger partial charge in [0.1, 0.15) is 6.54 Å². The van der Waals surface area contributed by atoms with Crippen LogP contribution in [0.2, 0.25) is 0 Å². The molecule has 0 aliphatic rings. The zero-order valence-corrected chi connectivity index (χ0v) is 9.60. The minimum atomic E-state index is -4.97. The molecule has 100 valence electrons. The minimum absolute atomic E-state index is 0.167. The zero-order valence-electron chi connectivity index (χ0n) is 9.60. The van der Waals surface area contributed by atoms with Crippen LogP contribution in [0.5, 0.6) is 0 Å². The van der Waals surface area contributed by atoms with Gasteiger partial charge in [0.25, 0.3) is 0 Å². The summed E-state index contributed by atoms with van der Waals surface area (Å²) in [5, 5.41) is 1.44. The third-order valence-corrected chi connectivity index (χ3v) is 1.91. The summed E-state index contributed by atoms with van der Waals surface area (Å²) in [4.78, 5) is 21.2. The Morgan fingerprint density at radius 2 is 1.82 bits per heavy atom. The second-order valence-corrected chi connectivity index (χ2v) is 3.46. The van der Waals surface area contributed by atoms with E-state index in [0.29, 0.717) is 6.42 Å². The Hall–Kier alpha value is -1.27. The molecule has 7 heteroatoms. The van der Waals surface area contributed by atoms with Gasteiger partial charge in [-0.15, -0.1) is 0 Å². The molecular weight excluding hydrogens is 239 g/mol. The molecule has 0 aromatic heterocycles. The number of esters is 1. The molecule has 4 nitrogen and oxygen atoms in total. The Morgan fingerprint density at radius 3 is 2.35 bits per heavy atom. The van der Waals surface area contributed by atoms with Gasteiger partial charge in [0.15, 0.2) is 0 Å². The number of carbonyl (C=O) groups excluding carboxylic acids is 2. The van der Waals surface area contributed by atoms with Gasteiger partial charge in [0.2, 0.25) is 0 Å². The lowest BCUT2D eigenvalue weighted by atomic mass is 10.2. The summed E-state index contributed by atoms with van der Waals surface area (Å²) in [7, 11) is 0. The number of hydrogen-bond donors (Lipinski definition) is 1. The first-order chi connectivity index (χ1) is 7.88. The van der Waals surface area contributed by atoms with Crippen LogP contribution in [0.1, 0.15) is 32.6 Å². The van der Waals surface area contributed by atoms with E-state index in [1.165, 1.54) is 5.32 Å². The second-order valence-electron chi connectivity index (χ2n) is 3.46. The van der Waals surface area contributed by atoms with Crippen molar-refractivity contribution in [1.82, 2.24) is 5.32 Å². The molecule has 0 saturated carbocycles. The van der Waals surface area contributed by atoms with Crippen molar-refractivity contribution in [2.24, 2.45) is 0 Å². The largest absolute Gasteiger partial charge is 0.471 e. The number of carbonyl (C=O) groups is 2. The van der Waals surface area contributed by atoms with Crippen LogP contribution in [-0.2, 0) is 14.3 Å². The fourth-order valence-corrected chi connectivity index (χ4v) is 1.02. The lowest BCUT2D eigenvalue weighted by Crippen LogP contribution is -2.40. The van der Waals surface area contributed by atoms with Gasteiger partial charge in [0.05, 0.1) is 6.61 Å². The quantitative estimate of drug-likeness (QED) is 0.557. The molecule has 0 saturated heterocycles. The first kappa shape index (κ1) is 15.7. The molecule has 0 bridgehead atoms. The molecule has 0 fully saturated rings. The van der Waals surface area contributed by atoms with Crippen molar-refractivity contribution in [3.05, 3.63) is 0 Å². The molecule has 17 heavy (non-hydrogen) atoms. The molecule has 0 rings (SSSR count). The number of nitrogens with one attached hydrogen (secondary N) is 1. The highest BCUT2D eigenvalue weighted by Crippen LogP contribution is 2.13. The first-order valence-electron chi connectivity index (χ1n) is 5.38. The maximum Gasteiger partial charge on any atom is 0.471 e. The van der Waals surface area contributed by atoms with Crippen molar-refractivity contribution in [2.75, 3.05) is 13.2 Å². The summed E-state index contributed by atoms with van der Waals surface area (Å²) >= 11 is 0. The predicted molar refractivity (Wildman–Crippen MR) is 54.2 cm³/mol. The van der Waals surface area contributed by atoms with Crippen molar-refractivity contribution < 1.29 is 27.5 Å². The number of rotatable bonds is 7. The van der Waals surface area contributed by atoms with E-state index in [2.05, 4.69) is 4.74 Å². The van der Waals surface area contributed by atoms with E-state index in [4.69, 9.17) is 0 Å².